The highest BCUT2D eigenvalue weighted by atomic mass is 16.5. The minimum Gasteiger partial charge on any atom is -0.462 e. The van der Waals surface area contributed by atoms with Gasteiger partial charge in [0.25, 0.3) is 0 Å². The van der Waals surface area contributed by atoms with Gasteiger partial charge < -0.3 is 4.74 Å². The minimum atomic E-state index is -0.0600. The molecule has 0 aromatic rings. The van der Waals surface area contributed by atoms with Gasteiger partial charge in [0.1, 0.15) is 6.04 Å². The van der Waals surface area contributed by atoms with Crippen LogP contribution in [0.3, 0.4) is 0 Å². The number of esters is 1. The van der Waals surface area contributed by atoms with Gasteiger partial charge in [-0.1, -0.05) is 31.2 Å². The molecular weight excluding hydrogens is 226 g/mol. The molecule has 0 radical (unpaired) electrons. The highest BCUT2D eigenvalue weighted by Crippen LogP contribution is 2.32. The Balaban J connectivity index is 1.89. The van der Waals surface area contributed by atoms with Crippen LogP contribution in [-0.4, -0.2) is 36.1 Å². The second kappa shape index (κ2) is 5.27. The molecule has 1 saturated heterocycles. The minimum absolute atomic E-state index is 0.0203. The number of nitrogens with zero attached hydrogens (tertiary/aromatic N) is 1. The topological polar surface area (TPSA) is 29.5 Å². The lowest BCUT2D eigenvalue weighted by Crippen LogP contribution is -2.56. The molecule has 100 valence electrons. The van der Waals surface area contributed by atoms with Gasteiger partial charge in [-0.25, -0.2) is 0 Å². The first-order valence-electron chi connectivity index (χ1n) is 6.79. The molecule has 18 heavy (non-hydrogen) atoms. The molecule has 3 heteroatoms. The molecule has 0 aromatic heterocycles. The monoisotopic (exact) mass is 249 g/mol. The molecule has 2 aliphatic rings. The van der Waals surface area contributed by atoms with Crippen molar-refractivity contribution in [3.63, 3.8) is 0 Å². The molecule has 1 heterocycles. The number of rotatable bonds is 4. The first kappa shape index (κ1) is 13.3. The Labute approximate surface area is 109 Å². The van der Waals surface area contributed by atoms with E-state index in [9.17, 15) is 4.79 Å². The summed E-state index contributed by atoms with van der Waals surface area (Å²) in [5.41, 5.74) is 0.158. The highest BCUT2D eigenvalue weighted by molar-refractivity contribution is 5.77. The molecule has 0 saturated carbocycles. The van der Waals surface area contributed by atoms with E-state index in [4.69, 9.17) is 4.74 Å². The van der Waals surface area contributed by atoms with Crippen LogP contribution in [0.4, 0.5) is 0 Å². The summed E-state index contributed by atoms with van der Waals surface area (Å²) in [6, 6.07) is -0.0245. The number of hydrogen-bond acceptors (Lipinski definition) is 3. The van der Waals surface area contributed by atoms with Crippen molar-refractivity contribution in [2.75, 3.05) is 13.1 Å². The van der Waals surface area contributed by atoms with Crippen LogP contribution in [0.15, 0.2) is 24.3 Å². The molecule has 1 aliphatic heterocycles. The maximum Gasteiger partial charge on any atom is 0.323 e. The fourth-order valence-electron chi connectivity index (χ4n) is 2.56. The summed E-state index contributed by atoms with van der Waals surface area (Å²) in [4.78, 5) is 14.1. The number of ether oxygens (including phenoxy) is 1. The van der Waals surface area contributed by atoms with Gasteiger partial charge >= 0.3 is 5.97 Å². The lowest BCUT2D eigenvalue weighted by Gasteiger charge is -2.44. The lowest BCUT2D eigenvalue weighted by atomic mass is 9.81. The van der Waals surface area contributed by atoms with Crippen LogP contribution in [0, 0.1) is 5.41 Å². The molecule has 1 aliphatic carbocycles. The van der Waals surface area contributed by atoms with Gasteiger partial charge in [-0.2, -0.15) is 0 Å². The van der Waals surface area contributed by atoms with E-state index in [0.29, 0.717) is 0 Å². The lowest BCUT2D eigenvalue weighted by molar-refractivity contribution is -0.159. The average molecular weight is 249 g/mol. The zero-order valence-electron chi connectivity index (χ0n) is 11.6. The third-order valence-electron chi connectivity index (χ3n) is 3.65. The molecule has 3 nitrogen and oxygen atoms in total. The summed E-state index contributed by atoms with van der Waals surface area (Å²) in [5.74, 6) is -0.0600. The maximum atomic E-state index is 11.9. The second-order valence-corrected chi connectivity index (χ2v) is 5.91. The SMILES string of the molecule is CC(C)OC(=O)C1CCN1CC1(C)C=CC=CC1. The summed E-state index contributed by atoms with van der Waals surface area (Å²) >= 11 is 0. The van der Waals surface area contributed by atoms with Gasteiger partial charge in [-0.05, 0) is 26.7 Å². The molecule has 1 fully saturated rings. The van der Waals surface area contributed by atoms with Crippen molar-refractivity contribution in [1.29, 1.82) is 0 Å². The number of likely N-dealkylation sites (tertiary alicyclic amines) is 1. The Hall–Kier alpha value is -1.09. The van der Waals surface area contributed by atoms with E-state index in [0.717, 1.165) is 25.9 Å². The summed E-state index contributed by atoms with van der Waals surface area (Å²) in [7, 11) is 0. The summed E-state index contributed by atoms with van der Waals surface area (Å²) in [6.45, 7) is 7.99. The van der Waals surface area contributed by atoms with Crippen LogP contribution in [0.2, 0.25) is 0 Å². The van der Waals surface area contributed by atoms with Gasteiger partial charge in [-0.3, -0.25) is 9.69 Å². The van der Waals surface area contributed by atoms with Gasteiger partial charge in [0.15, 0.2) is 0 Å². The fourth-order valence-corrected chi connectivity index (χ4v) is 2.56. The van der Waals surface area contributed by atoms with E-state index in [1.54, 1.807) is 0 Å². The first-order chi connectivity index (χ1) is 8.50. The first-order valence-corrected chi connectivity index (χ1v) is 6.79. The van der Waals surface area contributed by atoms with E-state index >= 15 is 0 Å². The number of carbonyl (C=O) groups is 1. The predicted molar refractivity (Wildman–Crippen MR) is 72.2 cm³/mol. The van der Waals surface area contributed by atoms with Crippen molar-refractivity contribution in [3.8, 4) is 0 Å². The average Bonchev–Trinajstić information content (AvgIpc) is 2.24. The van der Waals surface area contributed by atoms with Gasteiger partial charge in [0.2, 0.25) is 0 Å². The van der Waals surface area contributed by atoms with Crippen molar-refractivity contribution < 1.29 is 9.53 Å². The van der Waals surface area contributed by atoms with Crippen molar-refractivity contribution in [3.05, 3.63) is 24.3 Å². The normalized spacial score (nSPS) is 31.4. The smallest absolute Gasteiger partial charge is 0.323 e. The molecule has 0 spiro atoms. The molecular formula is C15H23NO2. The predicted octanol–water partition coefficient (Wildman–Crippen LogP) is 2.53. The molecule has 0 bridgehead atoms. The Bertz CT molecular complexity index is 373. The van der Waals surface area contributed by atoms with Gasteiger partial charge in [0.05, 0.1) is 6.10 Å². The largest absolute Gasteiger partial charge is 0.462 e. The van der Waals surface area contributed by atoms with E-state index in [1.165, 1.54) is 0 Å². The van der Waals surface area contributed by atoms with Crippen molar-refractivity contribution in [2.45, 2.75) is 45.8 Å². The zero-order valence-corrected chi connectivity index (χ0v) is 11.6. The third-order valence-corrected chi connectivity index (χ3v) is 3.65. The number of allylic oxidation sites excluding steroid dienone is 3. The standard InChI is InChI=1S/C15H23NO2/c1-12(2)18-14(17)13-7-10-16(13)11-15(3)8-5-4-6-9-15/h4-6,8,12-13H,7,9-11H2,1-3H3. The summed E-state index contributed by atoms with van der Waals surface area (Å²) in [6.07, 6.45) is 10.6. The number of carbonyl (C=O) groups excluding carboxylic acids is 1. The molecule has 0 amide bonds. The Morgan fingerprint density at radius 2 is 2.28 bits per heavy atom. The quantitative estimate of drug-likeness (QED) is 0.717. The van der Waals surface area contributed by atoms with Gasteiger partial charge in [-0.15, -0.1) is 0 Å². The third kappa shape index (κ3) is 3.02. The van der Waals surface area contributed by atoms with Crippen LogP contribution in [0.25, 0.3) is 0 Å². The second-order valence-electron chi connectivity index (χ2n) is 5.91. The Kier molecular flexibility index (Phi) is 3.91. The Morgan fingerprint density at radius 3 is 2.78 bits per heavy atom. The summed E-state index contributed by atoms with van der Waals surface area (Å²) < 4.78 is 5.29. The van der Waals surface area contributed by atoms with E-state index in [2.05, 4.69) is 36.1 Å². The molecule has 2 unspecified atom stereocenters. The Morgan fingerprint density at radius 1 is 1.50 bits per heavy atom. The van der Waals surface area contributed by atoms with Crippen LogP contribution >= 0.6 is 0 Å². The van der Waals surface area contributed by atoms with Crippen LogP contribution in [-0.2, 0) is 9.53 Å². The molecule has 2 atom stereocenters. The molecule has 0 aromatic carbocycles. The van der Waals surface area contributed by atoms with E-state index in [-0.39, 0.29) is 23.5 Å². The van der Waals surface area contributed by atoms with Crippen LogP contribution < -0.4 is 0 Å². The number of hydrogen-bond donors (Lipinski definition) is 0. The highest BCUT2D eigenvalue weighted by Gasteiger charge is 2.39. The maximum absolute atomic E-state index is 11.9. The van der Waals surface area contributed by atoms with E-state index in [1.807, 2.05) is 13.8 Å². The summed E-state index contributed by atoms with van der Waals surface area (Å²) in [5, 5.41) is 0. The van der Waals surface area contributed by atoms with Crippen molar-refractivity contribution >= 4 is 5.97 Å². The molecule has 0 N–H and O–H groups in total. The fraction of sp³-hybridized carbons (Fsp3) is 0.667. The van der Waals surface area contributed by atoms with Crippen LogP contribution in [0.5, 0.6) is 0 Å². The van der Waals surface area contributed by atoms with Gasteiger partial charge in [0, 0.05) is 18.5 Å². The van der Waals surface area contributed by atoms with E-state index < -0.39 is 0 Å². The van der Waals surface area contributed by atoms with Crippen molar-refractivity contribution in [2.24, 2.45) is 5.41 Å². The molecule has 2 rings (SSSR count). The van der Waals surface area contributed by atoms with Crippen LogP contribution in [0.1, 0.15) is 33.6 Å². The van der Waals surface area contributed by atoms with Crippen molar-refractivity contribution in [1.82, 2.24) is 4.90 Å². The zero-order chi connectivity index (χ0) is 13.2.